The molecule has 1 aromatic rings. The molecule has 0 fully saturated rings. The van der Waals surface area contributed by atoms with Crippen molar-refractivity contribution < 1.29 is 4.92 Å². The van der Waals surface area contributed by atoms with Gasteiger partial charge in [0.05, 0.1) is 4.92 Å². The SMILES string of the molecule is CCC(=Cc1cc([N+](=O)[O-])ccc1Cl)CNC(C)(C)C. The average Bonchev–Trinajstić information content (AvgIpc) is 2.35. The standard InChI is InChI=1S/C15H21ClN2O2/c1-5-11(10-17-15(2,3)4)8-12-9-13(18(19)20)6-7-14(12)16/h6-9,17H,5,10H2,1-4H3. The molecule has 0 saturated heterocycles. The van der Waals surface area contributed by atoms with Crippen molar-refractivity contribution in [3.8, 4) is 0 Å². The van der Waals surface area contributed by atoms with E-state index in [1.54, 1.807) is 6.07 Å². The van der Waals surface area contributed by atoms with Crippen LogP contribution in [0.2, 0.25) is 5.02 Å². The molecule has 0 aromatic heterocycles. The maximum absolute atomic E-state index is 10.8. The Bertz CT molecular complexity index is 519. The van der Waals surface area contributed by atoms with Gasteiger partial charge in [0.2, 0.25) is 0 Å². The van der Waals surface area contributed by atoms with Crippen molar-refractivity contribution >= 4 is 23.4 Å². The number of rotatable bonds is 5. The first kappa shape index (κ1) is 16.7. The maximum Gasteiger partial charge on any atom is 0.270 e. The second-order valence-corrected chi connectivity index (χ2v) is 6.13. The number of nitro groups is 1. The largest absolute Gasteiger partial charge is 0.308 e. The fraction of sp³-hybridized carbons (Fsp3) is 0.467. The summed E-state index contributed by atoms with van der Waals surface area (Å²) in [5.41, 5.74) is 1.93. The summed E-state index contributed by atoms with van der Waals surface area (Å²) in [6.45, 7) is 9.09. The van der Waals surface area contributed by atoms with Gasteiger partial charge < -0.3 is 5.32 Å². The number of non-ortho nitro benzene ring substituents is 1. The van der Waals surface area contributed by atoms with Crippen molar-refractivity contribution in [1.82, 2.24) is 5.32 Å². The molecule has 0 aliphatic carbocycles. The first-order chi connectivity index (χ1) is 9.23. The third-order valence-corrected chi connectivity index (χ3v) is 3.19. The van der Waals surface area contributed by atoms with Gasteiger partial charge in [-0.15, -0.1) is 0 Å². The molecular formula is C15H21ClN2O2. The molecule has 0 radical (unpaired) electrons. The molecule has 0 atom stereocenters. The zero-order valence-corrected chi connectivity index (χ0v) is 13.1. The Labute approximate surface area is 125 Å². The van der Waals surface area contributed by atoms with E-state index in [9.17, 15) is 10.1 Å². The van der Waals surface area contributed by atoms with Crippen LogP contribution < -0.4 is 5.32 Å². The van der Waals surface area contributed by atoms with Gasteiger partial charge in [-0.05, 0) is 38.8 Å². The van der Waals surface area contributed by atoms with Crippen molar-refractivity contribution in [2.24, 2.45) is 0 Å². The minimum atomic E-state index is -0.410. The Morgan fingerprint density at radius 1 is 1.45 bits per heavy atom. The molecule has 110 valence electrons. The van der Waals surface area contributed by atoms with Crippen LogP contribution >= 0.6 is 11.6 Å². The molecule has 0 unspecified atom stereocenters. The van der Waals surface area contributed by atoms with E-state index < -0.39 is 4.92 Å². The lowest BCUT2D eigenvalue weighted by Crippen LogP contribution is -2.36. The monoisotopic (exact) mass is 296 g/mol. The molecule has 0 aliphatic rings. The van der Waals surface area contributed by atoms with Gasteiger partial charge in [0.15, 0.2) is 0 Å². The van der Waals surface area contributed by atoms with Gasteiger partial charge >= 0.3 is 0 Å². The van der Waals surface area contributed by atoms with E-state index in [2.05, 4.69) is 33.0 Å². The zero-order chi connectivity index (χ0) is 15.3. The molecule has 0 aliphatic heterocycles. The molecule has 0 saturated carbocycles. The highest BCUT2D eigenvalue weighted by atomic mass is 35.5. The van der Waals surface area contributed by atoms with E-state index in [1.807, 2.05) is 6.08 Å². The quantitative estimate of drug-likeness (QED) is 0.646. The zero-order valence-electron chi connectivity index (χ0n) is 12.4. The molecule has 1 rings (SSSR count). The number of halogens is 1. The second kappa shape index (κ2) is 6.86. The van der Waals surface area contributed by atoms with Crippen LogP contribution in [0.3, 0.4) is 0 Å². The van der Waals surface area contributed by atoms with Crippen molar-refractivity contribution in [2.45, 2.75) is 39.7 Å². The number of hydrogen-bond acceptors (Lipinski definition) is 3. The van der Waals surface area contributed by atoms with Gasteiger partial charge in [-0.1, -0.05) is 30.2 Å². The number of nitrogens with zero attached hydrogens (tertiary/aromatic N) is 1. The van der Waals surface area contributed by atoms with Crippen molar-refractivity contribution in [3.63, 3.8) is 0 Å². The summed E-state index contributed by atoms with van der Waals surface area (Å²) in [6.07, 6.45) is 2.79. The summed E-state index contributed by atoms with van der Waals surface area (Å²) in [5, 5.41) is 14.7. The van der Waals surface area contributed by atoms with Gasteiger partial charge in [-0.3, -0.25) is 10.1 Å². The highest BCUT2D eigenvalue weighted by Crippen LogP contribution is 2.24. The first-order valence-electron chi connectivity index (χ1n) is 6.61. The Hall–Kier alpha value is -1.39. The number of nitrogens with one attached hydrogen (secondary N) is 1. The Morgan fingerprint density at radius 2 is 2.10 bits per heavy atom. The van der Waals surface area contributed by atoms with Crippen molar-refractivity contribution in [3.05, 3.63) is 44.5 Å². The Kier molecular flexibility index (Phi) is 5.72. The number of nitro benzene ring substituents is 1. The topological polar surface area (TPSA) is 55.2 Å². The molecular weight excluding hydrogens is 276 g/mol. The molecule has 5 heteroatoms. The average molecular weight is 297 g/mol. The molecule has 1 aromatic carbocycles. The third-order valence-electron chi connectivity index (χ3n) is 2.85. The lowest BCUT2D eigenvalue weighted by atomic mass is 10.1. The van der Waals surface area contributed by atoms with Gasteiger partial charge in [0.1, 0.15) is 0 Å². The fourth-order valence-corrected chi connectivity index (χ4v) is 1.80. The normalized spacial score (nSPS) is 12.6. The molecule has 4 nitrogen and oxygen atoms in total. The number of hydrogen-bond donors (Lipinski definition) is 1. The van der Waals surface area contributed by atoms with E-state index in [1.165, 1.54) is 12.1 Å². The van der Waals surface area contributed by atoms with Crippen LogP contribution in [-0.2, 0) is 0 Å². The fourth-order valence-electron chi connectivity index (χ4n) is 1.63. The van der Waals surface area contributed by atoms with Gasteiger partial charge in [0, 0.05) is 29.2 Å². The lowest BCUT2D eigenvalue weighted by molar-refractivity contribution is -0.384. The Balaban J connectivity index is 3.00. The van der Waals surface area contributed by atoms with Crippen molar-refractivity contribution in [1.29, 1.82) is 0 Å². The predicted molar refractivity (Wildman–Crippen MR) is 84.1 cm³/mol. The van der Waals surface area contributed by atoms with Gasteiger partial charge in [-0.25, -0.2) is 0 Å². The van der Waals surface area contributed by atoms with Crippen LogP contribution in [0.4, 0.5) is 5.69 Å². The Morgan fingerprint density at radius 3 is 2.60 bits per heavy atom. The van der Waals surface area contributed by atoms with E-state index in [-0.39, 0.29) is 11.2 Å². The lowest BCUT2D eigenvalue weighted by Gasteiger charge is -2.21. The van der Waals surface area contributed by atoms with Crippen LogP contribution in [0, 0.1) is 10.1 Å². The summed E-state index contributed by atoms with van der Waals surface area (Å²) in [5.74, 6) is 0. The molecule has 0 amide bonds. The molecule has 0 bridgehead atoms. The van der Waals surface area contributed by atoms with E-state index >= 15 is 0 Å². The molecule has 1 N–H and O–H groups in total. The van der Waals surface area contributed by atoms with Crippen molar-refractivity contribution in [2.75, 3.05) is 6.54 Å². The number of benzene rings is 1. The minimum absolute atomic E-state index is 0.0285. The van der Waals surface area contributed by atoms with Gasteiger partial charge in [-0.2, -0.15) is 0 Å². The molecule has 0 spiro atoms. The maximum atomic E-state index is 10.8. The van der Waals surface area contributed by atoms with E-state index in [4.69, 9.17) is 11.6 Å². The smallest absolute Gasteiger partial charge is 0.270 e. The van der Waals surface area contributed by atoms with Crippen LogP contribution in [0.5, 0.6) is 0 Å². The molecule has 20 heavy (non-hydrogen) atoms. The summed E-state index contributed by atoms with van der Waals surface area (Å²) in [4.78, 5) is 10.4. The summed E-state index contributed by atoms with van der Waals surface area (Å²) in [7, 11) is 0. The van der Waals surface area contributed by atoms with E-state index in [0.29, 0.717) is 10.6 Å². The summed E-state index contributed by atoms with van der Waals surface area (Å²) < 4.78 is 0. The minimum Gasteiger partial charge on any atom is -0.308 e. The summed E-state index contributed by atoms with van der Waals surface area (Å²) in [6, 6.07) is 4.49. The van der Waals surface area contributed by atoms with Crippen LogP contribution in [0.15, 0.2) is 23.8 Å². The predicted octanol–water partition coefficient (Wildman–Crippen LogP) is 4.43. The second-order valence-electron chi connectivity index (χ2n) is 5.72. The van der Waals surface area contributed by atoms with E-state index in [0.717, 1.165) is 18.5 Å². The van der Waals surface area contributed by atoms with Crippen LogP contribution in [0.1, 0.15) is 39.7 Å². The molecule has 0 heterocycles. The highest BCUT2D eigenvalue weighted by Gasteiger charge is 2.11. The first-order valence-corrected chi connectivity index (χ1v) is 6.99. The highest BCUT2D eigenvalue weighted by molar-refractivity contribution is 6.32. The van der Waals surface area contributed by atoms with Crippen LogP contribution in [0.25, 0.3) is 6.08 Å². The summed E-state index contributed by atoms with van der Waals surface area (Å²) >= 11 is 6.10. The van der Waals surface area contributed by atoms with Gasteiger partial charge in [0.25, 0.3) is 5.69 Å². The van der Waals surface area contributed by atoms with Crippen LogP contribution in [-0.4, -0.2) is 17.0 Å². The third kappa shape index (κ3) is 5.31.